The van der Waals surface area contributed by atoms with E-state index in [-0.39, 0.29) is 0 Å². The molecule has 0 rings (SSSR count). The van der Waals surface area contributed by atoms with Crippen molar-refractivity contribution in [3.63, 3.8) is 0 Å². The van der Waals surface area contributed by atoms with Crippen LogP contribution in [0.25, 0.3) is 0 Å². The Kier molecular flexibility index (Phi) is 3.37. The summed E-state index contributed by atoms with van der Waals surface area (Å²) >= 11 is 0. The Morgan fingerprint density at radius 3 is 1.70 bits per heavy atom. The summed E-state index contributed by atoms with van der Waals surface area (Å²) in [5.74, 6) is 0. The lowest BCUT2D eigenvalue weighted by molar-refractivity contribution is 1.40. The SMILES string of the molecule is C=C[Si](C)(C=C)C=C(C)C. The Bertz CT molecular complexity index is 154. The fraction of sp³-hybridized carbons (Fsp3) is 0.333. The van der Waals surface area contributed by atoms with E-state index in [2.05, 4.69) is 39.3 Å². The normalized spacial score (nSPS) is 10.3. The van der Waals surface area contributed by atoms with Gasteiger partial charge in [0, 0.05) is 0 Å². The average molecular weight is 152 g/mol. The van der Waals surface area contributed by atoms with Crippen molar-refractivity contribution in [3.05, 3.63) is 35.8 Å². The average Bonchev–Trinajstić information content (AvgIpc) is 1.87. The van der Waals surface area contributed by atoms with Crippen molar-refractivity contribution in [3.8, 4) is 0 Å². The molecular weight excluding hydrogens is 136 g/mol. The maximum atomic E-state index is 3.80. The first-order valence-electron chi connectivity index (χ1n) is 3.47. The third-order valence-electron chi connectivity index (χ3n) is 1.48. The molecule has 0 aromatic rings. The lowest BCUT2D eigenvalue weighted by Gasteiger charge is -2.12. The molecule has 56 valence electrons. The zero-order chi connectivity index (χ0) is 8.20. The molecule has 0 saturated carbocycles. The molecule has 0 spiro atoms. The van der Waals surface area contributed by atoms with Gasteiger partial charge in [0.05, 0.1) is 0 Å². The summed E-state index contributed by atoms with van der Waals surface area (Å²) < 4.78 is 0. The second-order valence-electron chi connectivity index (χ2n) is 3.00. The summed E-state index contributed by atoms with van der Waals surface area (Å²) in [5.41, 5.74) is 7.71. The molecule has 0 aromatic carbocycles. The van der Waals surface area contributed by atoms with Crippen molar-refractivity contribution in [2.24, 2.45) is 0 Å². The van der Waals surface area contributed by atoms with Crippen LogP contribution in [0, 0.1) is 0 Å². The van der Waals surface area contributed by atoms with Gasteiger partial charge in [-0.2, -0.15) is 0 Å². The van der Waals surface area contributed by atoms with E-state index in [1.54, 1.807) is 0 Å². The van der Waals surface area contributed by atoms with Gasteiger partial charge < -0.3 is 0 Å². The van der Waals surface area contributed by atoms with Crippen LogP contribution in [0.3, 0.4) is 0 Å². The number of hydrogen-bond donors (Lipinski definition) is 0. The van der Waals surface area contributed by atoms with E-state index in [1.807, 2.05) is 11.4 Å². The highest BCUT2D eigenvalue weighted by Gasteiger charge is 2.13. The minimum atomic E-state index is -1.39. The summed E-state index contributed by atoms with van der Waals surface area (Å²) in [6.07, 6.45) is 0. The van der Waals surface area contributed by atoms with Gasteiger partial charge in [0.2, 0.25) is 0 Å². The molecule has 0 N–H and O–H groups in total. The molecule has 0 atom stereocenters. The largest absolute Gasteiger partial charge is 0.121 e. The zero-order valence-electron chi connectivity index (χ0n) is 7.15. The molecule has 0 heterocycles. The second-order valence-corrected chi connectivity index (χ2v) is 6.83. The van der Waals surface area contributed by atoms with E-state index in [4.69, 9.17) is 0 Å². The van der Waals surface area contributed by atoms with Crippen LogP contribution in [0.2, 0.25) is 6.55 Å². The van der Waals surface area contributed by atoms with Gasteiger partial charge >= 0.3 is 0 Å². The van der Waals surface area contributed by atoms with Gasteiger partial charge in [-0.3, -0.25) is 0 Å². The van der Waals surface area contributed by atoms with Gasteiger partial charge in [0.1, 0.15) is 8.07 Å². The smallest absolute Gasteiger partial charge is 0.106 e. The van der Waals surface area contributed by atoms with Crippen LogP contribution in [0.5, 0.6) is 0 Å². The molecule has 0 nitrogen and oxygen atoms in total. The van der Waals surface area contributed by atoms with Crippen molar-refractivity contribution in [2.75, 3.05) is 0 Å². The summed E-state index contributed by atoms with van der Waals surface area (Å²) in [4.78, 5) is 0. The summed E-state index contributed by atoms with van der Waals surface area (Å²) in [7, 11) is -1.39. The van der Waals surface area contributed by atoms with Crippen LogP contribution in [0.1, 0.15) is 13.8 Å². The highest BCUT2D eigenvalue weighted by Crippen LogP contribution is 2.09. The predicted molar refractivity (Wildman–Crippen MR) is 51.4 cm³/mol. The maximum Gasteiger partial charge on any atom is 0.121 e. The Labute approximate surface area is 65.0 Å². The highest BCUT2D eigenvalue weighted by molar-refractivity contribution is 6.92. The summed E-state index contributed by atoms with van der Waals surface area (Å²) in [5, 5.41) is 0. The van der Waals surface area contributed by atoms with E-state index >= 15 is 0 Å². The molecule has 0 aliphatic carbocycles. The highest BCUT2D eigenvalue weighted by atomic mass is 28.3. The van der Waals surface area contributed by atoms with Crippen LogP contribution < -0.4 is 0 Å². The topological polar surface area (TPSA) is 0 Å². The second kappa shape index (κ2) is 3.57. The molecule has 0 saturated heterocycles. The van der Waals surface area contributed by atoms with E-state index in [0.29, 0.717) is 0 Å². The van der Waals surface area contributed by atoms with Gasteiger partial charge in [-0.15, -0.1) is 13.2 Å². The van der Waals surface area contributed by atoms with Crippen molar-refractivity contribution in [2.45, 2.75) is 20.4 Å². The van der Waals surface area contributed by atoms with Crippen LogP contribution >= 0.6 is 0 Å². The molecule has 0 amide bonds. The minimum absolute atomic E-state index is 1.36. The van der Waals surface area contributed by atoms with Gasteiger partial charge in [-0.25, -0.2) is 0 Å². The quantitative estimate of drug-likeness (QED) is 0.545. The standard InChI is InChI=1S/C9H16Si/c1-6-10(5,7-2)8-9(3)4/h6-8H,1-2H2,3-5H3. The lowest BCUT2D eigenvalue weighted by atomic mass is 10.4. The Morgan fingerprint density at radius 2 is 1.60 bits per heavy atom. The molecular formula is C9H16Si. The Balaban J connectivity index is 4.50. The van der Waals surface area contributed by atoms with Crippen LogP contribution in [0.15, 0.2) is 35.8 Å². The first-order chi connectivity index (χ1) is 4.54. The van der Waals surface area contributed by atoms with Gasteiger partial charge in [-0.05, 0) is 13.8 Å². The molecule has 0 aliphatic rings. The van der Waals surface area contributed by atoms with E-state index < -0.39 is 8.07 Å². The molecule has 1 heteroatoms. The van der Waals surface area contributed by atoms with Crippen molar-refractivity contribution >= 4 is 8.07 Å². The van der Waals surface area contributed by atoms with Crippen LogP contribution in [0.4, 0.5) is 0 Å². The third kappa shape index (κ3) is 2.83. The first kappa shape index (κ1) is 9.44. The van der Waals surface area contributed by atoms with Crippen LogP contribution in [-0.2, 0) is 0 Å². The van der Waals surface area contributed by atoms with E-state index in [9.17, 15) is 0 Å². The lowest BCUT2D eigenvalue weighted by Crippen LogP contribution is -2.21. The molecule has 0 radical (unpaired) electrons. The first-order valence-corrected chi connectivity index (χ1v) is 6.20. The van der Waals surface area contributed by atoms with Crippen molar-refractivity contribution in [1.29, 1.82) is 0 Å². The Morgan fingerprint density at radius 1 is 1.20 bits per heavy atom. The number of allylic oxidation sites excluding steroid dienone is 1. The van der Waals surface area contributed by atoms with Crippen LogP contribution in [-0.4, -0.2) is 8.07 Å². The summed E-state index contributed by atoms with van der Waals surface area (Å²) in [6, 6.07) is 0. The summed E-state index contributed by atoms with van der Waals surface area (Å²) in [6.45, 7) is 14.0. The molecule has 0 aliphatic heterocycles. The minimum Gasteiger partial charge on any atom is -0.106 e. The molecule has 0 bridgehead atoms. The molecule has 0 unspecified atom stereocenters. The van der Waals surface area contributed by atoms with Gasteiger partial charge in [-0.1, -0.05) is 29.2 Å². The molecule has 10 heavy (non-hydrogen) atoms. The third-order valence-corrected chi connectivity index (χ3v) is 4.44. The molecule has 0 aromatic heterocycles. The Hall–Kier alpha value is -0.563. The fourth-order valence-electron chi connectivity index (χ4n) is 0.823. The van der Waals surface area contributed by atoms with Crippen molar-refractivity contribution in [1.82, 2.24) is 0 Å². The van der Waals surface area contributed by atoms with E-state index in [1.165, 1.54) is 5.57 Å². The molecule has 0 fully saturated rings. The fourth-order valence-corrected chi connectivity index (χ4v) is 2.47. The maximum absolute atomic E-state index is 3.80. The van der Waals surface area contributed by atoms with Crippen molar-refractivity contribution < 1.29 is 0 Å². The predicted octanol–water partition coefficient (Wildman–Crippen LogP) is 3.02. The van der Waals surface area contributed by atoms with E-state index in [0.717, 1.165) is 0 Å². The van der Waals surface area contributed by atoms with Gasteiger partial charge in [0.15, 0.2) is 0 Å². The number of hydrogen-bond acceptors (Lipinski definition) is 0. The van der Waals surface area contributed by atoms with Gasteiger partial charge in [0.25, 0.3) is 0 Å². The zero-order valence-corrected chi connectivity index (χ0v) is 8.15. The number of rotatable bonds is 3. The monoisotopic (exact) mass is 152 g/mol.